The number of hydrogen-bond donors (Lipinski definition) is 0. The van der Waals surface area contributed by atoms with Gasteiger partial charge in [0.1, 0.15) is 0 Å². The second-order valence-electron chi connectivity index (χ2n) is 6.33. The molecule has 1 aromatic rings. The van der Waals surface area contributed by atoms with Gasteiger partial charge < -0.3 is 4.90 Å². The first kappa shape index (κ1) is 14.1. The monoisotopic (exact) mass is 286 g/mol. The molecular formula is C17H22N2O2. The molecule has 0 N–H and O–H groups in total. The number of fused-ring (bicyclic) bond motifs is 1. The van der Waals surface area contributed by atoms with Crippen molar-refractivity contribution in [3.63, 3.8) is 0 Å². The maximum Gasteiger partial charge on any atom is 0.327 e. The highest BCUT2D eigenvalue weighted by Crippen LogP contribution is 2.36. The highest BCUT2D eigenvalue weighted by atomic mass is 16.2. The van der Waals surface area contributed by atoms with Crippen molar-refractivity contribution in [2.24, 2.45) is 5.92 Å². The van der Waals surface area contributed by atoms with Gasteiger partial charge in [-0.15, -0.1) is 0 Å². The van der Waals surface area contributed by atoms with Crippen LogP contribution in [0, 0.1) is 5.92 Å². The topological polar surface area (TPSA) is 40.6 Å². The molecule has 1 saturated heterocycles. The van der Waals surface area contributed by atoms with Crippen LogP contribution in [0.3, 0.4) is 0 Å². The molecule has 2 atom stereocenters. The van der Waals surface area contributed by atoms with E-state index in [2.05, 4.69) is 0 Å². The average Bonchev–Trinajstić information content (AvgIpc) is 2.94. The normalized spacial score (nSPS) is 25.4. The summed E-state index contributed by atoms with van der Waals surface area (Å²) in [6.07, 6.45) is 3.16. The standard InChI is InChI=1S/C17H22N2O2/c1-12(2)18-11-14-9-6-10-15(14)19(17(18)21)16(20)13-7-4-3-5-8-13/h3-5,7-8,12,14-15H,6,9-11H2,1-2H3/t14-,15-/m0/s1. The van der Waals surface area contributed by atoms with Crippen LogP contribution >= 0.6 is 0 Å². The smallest absolute Gasteiger partial charge is 0.321 e. The van der Waals surface area contributed by atoms with Gasteiger partial charge in [-0.05, 0) is 44.7 Å². The Labute approximate surface area is 125 Å². The molecule has 4 nitrogen and oxygen atoms in total. The number of amides is 3. The number of urea groups is 1. The summed E-state index contributed by atoms with van der Waals surface area (Å²) in [5.41, 5.74) is 0.599. The Morgan fingerprint density at radius 2 is 1.90 bits per heavy atom. The molecule has 1 saturated carbocycles. The lowest BCUT2D eigenvalue weighted by atomic mass is 9.97. The SMILES string of the molecule is CC(C)N1C[C@@H]2CCC[C@@H]2N(C(=O)c2ccccc2)C1=O. The van der Waals surface area contributed by atoms with E-state index < -0.39 is 0 Å². The van der Waals surface area contributed by atoms with Crippen molar-refractivity contribution in [1.29, 1.82) is 0 Å². The summed E-state index contributed by atoms with van der Waals surface area (Å²) in [6, 6.07) is 9.23. The van der Waals surface area contributed by atoms with E-state index in [1.807, 2.05) is 36.9 Å². The number of carbonyl (C=O) groups is 2. The first-order chi connectivity index (χ1) is 10.1. The lowest BCUT2D eigenvalue weighted by molar-refractivity contribution is 0.0449. The molecule has 1 heterocycles. The minimum Gasteiger partial charge on any atom is -0.321 e. The molecule has 0 radical (unpaired) electrons. The molecule has 2 aliphatic rings. The number of imide groups is 1. The van der Waals surface area contributed by atoms with Crippen LogP contribution in [0.1, 0.15) is 43.5 Å². The molecule has 1 aliphatic heterocycles. The molecule has 1 aromatic carbocycles. The third-order valence-corrected chi connectivity index (χ3v) is 4.70. The van der Waals surface area contributed by atoms with Gasteiger partial charge in [-0.3, -0.25) is 9.69 Å². The first-order valence-corrected chi connectivity index (χ1v) is 7.79. The fraction of sp³-hybridized carbons (Fsp3) is 0.529. The van der Waals surface area contributed by atoms with Crippen LogP contribution in [-0.4, -0.2) is 40.4 Å². The van der Waals surface area contributed by atoms with Crippen LogP contribution in [0.4, 0.5) is 4.79 Å². The second-order valence-corrected chi connectivity index (χ2v) is 6.33. The van der Waals surface area contributed by atoms with Gasteiger partial charge in [0, 0.05) is 24.2 Å². The van der Waals surface area contributed by atoms with Gasteiger partial charge in [-0.2, -0.15) is 0 Å². The molecule has 0 spiro atoms. The molecule has 4 heteroatoms. The van der Waals surface area contributed by atoms with Gasteiger partial charge in [0.2, 0.25) is 0 Å². The molecule has 0 unspecified atom stereocenters. The number of benzene rings is 1. The lowest BCUT2D eigenvalue weighted by Gasteiger charge is -2.44. The molecule has 3 amide bonds. The van der Waals surface area contributed by atoms with Crippen LogP contribution in [0.5, 0.6) is 0 Å². The summed E-state index contributed by atoms with van der Waals surface area (Å²) < 4.78 is 0. The van der Waals surface area contributed by atoms with Crippen LogP contribution < -0.4 is 0 Å². The van der Waals surface area contributed by atoms with Crippen LogP contribution in [-0.2, 0) is 0 Å². The van der Waals surface area contributed by atoms with Gasteiger partial charge in [0.15, 0.2) is 0 Å². The fourth-order valence-corrected chi connectivity index (χ4v) is 3.57. The van der Waals surface area contributed by atoms with Crippen molar-refractivity contribution in [3.8, 4) is 0 Å². The summed E-state index contributed by atoms with van der Waals surface area (Å²) in [7, 11) is 0. The highest BCUT2D eigenvalue weighted by molar-refractivity contribution is 6.05. The third kappa shape index (κ3) is 2.43. The highest BCUT2D eigenvalue weighted by Gasteiger charge is 2.46. The van der Waals surface area contributed by atoms with Gasteiger partial charge >= 0.3 is 6.03 Å². The van der Waals surface area contributed by atoms with Crippen molar-refractivity contribution < 1.29 is 9.59 Å². The summed E-state index contributed by atoms with van der Waals surface area (Å²) in [5.74, 6) is 0.278. The van der Waals surface area contributed by atoms with E-state index in [-0.39, 0.29) is 24.0 Å². The maximum atomic E-state index is 12.8. The summed E-state index contributed by atoms with van der Waals surface area (Å²) in [6.45, 7) is 4.82. The van der Waals surface area contributed by atoms with Gasteiger partial charge in [-0.1, -0.05) is 24.6 Å². The summed E-state index contributed by atoms with van der Waals surface area (Å²) in [4.78, 5) is 28.9. The van der Waals surface area contributed by atoms with Crippen molar-refractivity contribution in [2.75, 3.05) is 6.54 Å². The zero-order valence-electron chi connectivity index (χ0n) is 12.7. The second kappa shape index (κ2) is 5.51. The molecular weight excluding hydrogens is 264 g/mol. The number of hydrogen-bond acceptors (Lipinski definition) is 2. The molecule has 3 rings (SSSR count). The van der Waals surface area contributed by atoms with Crippen molar-refractivity contribution in [2.45, 2.75) is 45.2 Å². The zero-order valence-corrected chi connectivity index (χ0v) is 12.7. The lowest BCUT2D eigenvalue weighted by Crippen LogP contribution is -2.60. The Morgan fingerprint density at radius 1 is 1.19 bits per heavy atom. The number of nitrogens with zero attached hydrogens (tertiary/aromatic N) is 2. The molecule has 21 heavy (non-hydrogen) atoms. The molecule has 112 valence electrons. The molecule has 1 aliphatic carbocycles. The predicted molar refractivity (Wildman–Crippen MR) is 81.0 cm³/mol. The van der Waals surface area contributed by atoms with Crippen molar-refractivity contribution in [3.05, 3.63) is 35.9 Å². The Hall–Kier alpha value is -1.84. The Morgan fingerprint density at radius 3 is 2.57 bits per heavy atom. The Bertz CT molecular complexity index is 541. The number of carbonyl (C=O) groups excluding carboxylic acids is 2. The number of rotatable bonds is 2. The fourth-order valence-electron chi connectivity index (χ4n) is 3.57. The van der Waals surface area contributed by atoms with E-state index >= 15 is 0 Å². The average molecular weight is 286 g/mol. The minimum absolute atomic E-state index is 0.0835. The van der Waals surface area contributed by atoms with E-state index in [0.717, 1.165) is 25.8 Å². The van der Waals surface area contributed by atoms with E-state index in [1.54, 1.807) is 12.1 Å². The molecule has 0 aromatic heterocycles. The van der Waals surface area contributed by atoms with Crippen molar-refractivity contribution in [1.82, 2.24) is 9.80 Å². The van der Waals surface area contributed by atoms with Crippen LogP contribution in [0.2, 0.25) is 0 Å². The maximum absolute atomic E-state index is 12.8. The van der Waals surface area contributed by atoms with Crippen LogP contribution in [0.25, 0.3) is 0 Å². The molecule has 0 bridgehead atoms. The Balaban J connectivity index is 1.93. The van der Waals surface area contributed by atoms with E-state index in [1.165, 1.54) is 4.90 Å². The van der Waals surface area contributed by atoms with E-state index in [0.29, 0.717) is 11.5 Å². The van der Waals surface area contributed by atoms with Gasteiger partial charge in [0.25, 0.3) is 5.91 Å². The molecule has 2 fully saturated rings. The van der Waals surface area contributed by atoms with Gasteiger partial charge in [0.05, 0.1) is 0 Å². The van der Waals surface area contributed by atoms with Crippen molar-refractivity contribution >= 4 is 11.9 Å². The predicted octanol–water partition coefficient (Wildman–Crippen LogP) is 3.14. The first-order valence-electron chi connectivity index (χ1n) is 7.79. The quantitative estimate of drug-likeness (QED) is 0.838. The largest absolute Gasteiger partial charge is 0.327 e. The minimum atomic E-state index is -0.150. The summed E-state index contributed by atoms with van der Waals surface area (Å²) in [5, 5.41) is 0. The zero-order chi connectivity index (χ0) is 15.0. The summed E-state index contributed by atoms with van der Waals surface area (Å²) >= 11 is 0. The third-order valence-electron chi connectivity index (χ3n) is 4.70. The van der Waals surface area contributed by atoms with Crippen LogP contribution in [0.15, 0.2) is 30.3 Å². The van der Waals surface area contributed by atoms with E-state index in [4.69, 9.17) is 0 Å². The van der Waals surface area contributed by atoms with Gasteiger partial charge in [-0.25, -0.2) is 4.79 Å². The van der Waals surface area contributed by atoms with E-state index in [9.17, 15) is 9.59 Å². The Kier molecular flexibility index (Phi) is 3.70.